The minimum absolute atomic E-state index is 0.460. The lowest BCUT2D eigenvalue weighted by molar-refractivity contribution is 0.351. The molecule has 0 rings (SSSR count). The quantitative estimate of drug-likeness (QED) is 0.626. The summed E-state index contributed by atoms with van der Waals surface area (Å²) in [5.41, 5.74) is 5.11. The SMILES string of the molecule is CSCC(F)CCN. The highest BCUT2D eigenvalue weighted by atomic mass is 32.2. The smallest absolute Gasteiger partial charge is 0.110 e. The van der Waals surface area contributed by atoms with E-state index in [0.717, 1.165) is 0 Å². The summed E-state index contributed by atoms with van der Waals surface area (Å²) < 4.78 is 12.3. The molecule has 0 bridgehead atoms. The third-order valence-corrected chi connectivity index (χ3v) is 1.52. The fourth-order valence-corrected chi connectivity index (χ4v) is 0.973. The van der Waals surface area contributed by atoms with Gasteiger partial charge < -0.3 is 5.73 Å². The molecule has 50 valence electrons. The normalized spacial score (nSPS) is 13.9. The average molecular weight is 137 g/mol. The summed E-state index contributed by atoms with van der Waals surface area (Å²) in [7, 11) is 0. The molecule has 1 atom stereocenters. The Morgan fingerprint density at radius 1 is 1.75 bits per heavy atom. The molecule has 0 heterocycles. The summed E-state index contributed by atoms with van der Waals surface area (Å²) in [6.45, 7) is 0.460. The number of hydrogen-bond acceptors (Lipinski definition) is 2. The molecule has 0 saturated carbocycles. The van der Waals surface area contributed by atoms with Crippen molar-refractivity contribution in [3.63, 3.8) is 0 Å². The molecule has 0 spiro atoms. The molecular formula is C5H12FNS. The molecule has 0 aromatic heterocycles. The van der Waals surface area contributed by atoms with E-state index in [1.54, 1.807) is 0 Å². The Morgan fingerprint density at radius 3 is 2.75 bits per heavy atom. The zero-order valence-corrected chi connectivity index (χ0v) is 5.88. The van der Waals surface area contributed by atoms with Crippen molar-refractivity contribution < 1.29 is 4.39 Å². The average Bonchev–Trinajstić information content (AvgIpc) is 1.68. The summed E-state index contributed by atoms with van der Waals surface area (Å²) in [4.78, 5) is 0. The van der Waals surface area contributed by atoms with Crippen molar-refractivity contribution in [2.75, 3.05) is 18.6 Å². The van der Waals surface area contributed by atoms with Crippen molar-refractivity contribution in [1.29, 1.82) is 0 Å². The van der Waals surface area contributed by atoms with E-state index < -0.39 is 6.17 Å². The second-order valence-electron chi connectivity index (χ2n) is 1.63. The van der Waals surface area contributed by atoms with Gasteiger partial charge in [0.1, 0.15) is 6.17 Å². The maximum atomic E-state index is 12.3. The zero-order valence-electron chi connectivity index (χ0n) is 5.06. The van der Waals surface area contributed by atoms with Crippen molar-refractivity contribution >= 4 is 11.8 Å². The van der Waals surface area contributed by atoms with Gasteiger partial charge in [0.15, 0.2) is 0 Å². The first-order chi connectivity index (χ1) is 3.81. The minimum Gasteiger partial charge on any atom is -0.330 e. The lowest BCUT2D eigenvalue weighted by Crippen LogP contribution is -2.10. The van der Waals surface area contributed by atoms with Crippen molar-refractivity contribution in [3.8, 4) is 0 Å². The summed E-state index contributed by atoms with van der Waals surface area (Å²) in [5, 5.41) is 0. The molecule has 0 aromatic rings. The van der Waals surface area contributed by atoms with Gasteiger partial charge in [0.25, 0.3) is 0 Å². The van der Waals surface area contributed by atoms with E-state index in [-0.39, 0.29) is 0 Å². The highest BCUT2D eigenvalue weighted by Crippen LogP contribution is 2.03. The van der Waals surface area contributed by atoms with E-state index in [4.69, 9.17) is 5.73 Å². The van der Waals surface area contributed by atoms with Crippen molar-refractivity contribution in [1.82, 2.24) is 0 Å². The maximum Gasteiger partial charge on any atom is 0.110 e. The first-order valence-electron chi connectivity index (χ1n) is 2.64. The van der Waals surface area contributed by atoms with Crippen LogP contribution in [0.5, 0.6) is 0 Å². The fraction of sp³-hybridized carbons (Fsp3) is 1.00. The zero-order chi connectivity index (χ0) is 6.41. The third kappa shape index (κ3) is 4.40. The Bertz CT molecular complexity index is 45.7. The van der Waals surface area contributed by atoms with Crippen LogP contribution < -0.4 is 5.73 Å². The molecule has 0 amide bonds. The molecule has 1 nitrogen and oxygen atoms in total. The highest BCUT2D eigenvalue weighted by Gasteiger charge is 2.01. The van der Waals surface area contributed by atoms with Crippen LogP contribution in [0.15, 0.2) is 0 Å². The Kier molecular flexibility index (Phi) is 5.54. The van der Waals surface area contributed by atoms with E-state index in [9.17, 15) is 4.39 Å². The van der Waals surface area contributed by atoms with Crippen LogP contribution >= 0.6 is 11.8 Å². The third-order valence-electron chi connectivity index (χ3n) is 0.827. The van der Waals surface area contributed by atoms with Gasteiger partial charge in [-0.1, -0.05) is 0 Å². The van der Waals surface area contributed by atoms with Crippen LogP contribution in [0.3, 0.4) is 0 Å². The first-order valence-corrected chi connectivity index (χ1v) is 4.03. The van der Waals surface area contributed by atoms with Gasteiger partial charge >= 0.3 is 0 Å². The first kappa shape index (κ1) is 8.24. The van der Waals surface area contributed by atoms with Crippen LogP contribution in [-0.4, -0.2) is 24.7 Å². The summed E-state index contributed by atoms with van der Waals surface area (Å²) in [6.07, 6.45) is 1.69. The molecule has 1 unspecified atom stereocenters. The van der Waals surface area contributed by atoms with Crippen molar-refractivity contribution in [3.05, 3.63) is 0 Å². The predicted molar refractivity (Wildman–Crippen MR) is 36.9 cm³/mol. The van der Waals surface area contributed by atoms with Gasteiger partial charge in [-0.2, -0.15) is 11.8 Å². The number of alkyl halides is 1. The van der Waals surface area contributed by atoms with Gasteiger partial charge in [-0.3, -0.25) is 0 Å². The van der Waals surface area contributed by atoms with E-state index in [1.165, 1.54) is 11.8 Å². The fourth-order valence-electron chi connectivity index (χ4n) is 0.445. The molecule has 0 saturated heterocycles. The monoisotopic (exact) mass is 137 g/mol. The van der Waals surface area contributed by atoms with E-state index in [1.807, 2.05) is 6.26 Å². The van der Waals surface area contributed by atoms with Crippen LogP contribution in [0, 0.1) is 0 Å². The lowest BCUT2D eigenvalue weighted by Gasteiger charge is -2.01. The van der Waals surface area contributed by atoms with Crippen LogP contribution in [0.1, 0.15) is 6.42 Å². The number of nitrogens with two attached hydrogens (primary N) is 1. The molecular weight excluding hydrogens is 125 g/mol. The predicted octanol–water partition coefficient (Wildman–Crippen LogP) is 1.04. The Labute approximate surface area is 53.8 Å². The second kappa shape index (κ2) is 5.38. The molecule has 2 N–H and O–H groups in total. The Hall–Kier alpha value is 0.240. The largest absolute Gasteiger partial charge is 0.330 e. The maximum absolute atomic E-state index is 12.3. The number of halogens is 1. The number of hydrogen-bond donors (Lipinski definition) is 1. The van der Waals surface area contributed by atoms with Crippen LogP contribution in [0.2, 0.25) is 0 Å². The van der Waals surface area contributed by atoms with E-state index in [2.05, 4.69) is 0 Å². The Balaban J connectivity index is 2.92. The summed E-state index contributed by atoms with van der Waals surface area (Å²) in [5.74, 6) is 0.581. The van der Waals surface area contributed by atoms with Crippen LogP contribution in [0.25, 0.3) is 0 Å². The molecule has 0 fully saturated rings. The Morgan fingerprint density at radius 2 is 2.38 bits per heavy atom. The molecule has 3 heteroatoms. The van der Waals surface area contributed by atoms with Gasteiger partial charge in [-0.25, -0.2) is 4.39 Å². The number of thioether (sulfide) groups is 1. The molecule has 0 aliphatic rings. The van der Waals surface area contributed by atoms with Gasteiger partial charge in [-0.05, 0) is 19.2 Å². The summed E-state index contributed by atoms with van der Waals surface area (Å²) in [6, 6.07) is 0. The lowest BCUT2D eigenvalue weighted by atomic mass is 10.3. The van der Waals surface area contributed by atoms with Gasteiger partial charge in [0, 0.05) is 5.75 Å². The van der Waals surface area contributed by atoms with Gasteiger partial charge in [-0.15, -0.1) is 0 Å². The van der Waals surface area contributed by atoms with E-state index in [0.29, 0.717) is 18.7 Å². The van der Waals surface area contributed by atoms with Gasteiger partial charge in [0.2, 0.25) is 0 Å². The van der Waals surface area contributed by atoms with Crippen molar-refractivity contribution in [2.24, 2.45) is 5.73 Å². The highest BCUT2D eigenvalue weighted by molar-refractivity contribution is 7.98. The molecule has 0 aliphatic carbocycles. The van der Waals surface area contributed by atoms with Crippen LogP contribution in [-0.2, 0) is 0 Å². The number of rotatable bonds is 4. The standard InChI is InChI=1S/C5H12FNS/c1-8-4-5(6)2-3-7/h5H,2-4,7H2,1H3. The molecule has 8 heavy (non-hydrogen) atoms. The molecule has 0 aromatic carbocycles. The van der Waals surface area contributed by atoms with Crippen molar-refractivity contribution in [2.45, 2.75) is 12.6 Å². The molecule has 0 radical (unpaired) electrons. The van der Waals surface area contributed by atoms with E-state index >= 15 is 0 Å². The van der Waals surface area contributed by atoms with Gasteiger partial charge in [0.05, 0.1) is 0 Å². The molecule has 0 aliphatic heterocycles. The minimum atomic E-state index is -0.699. The van der Waals surface area contributed by atoms with Crippen LogP contribution in [0.4, 0.5) is 4.39 Å². The topological polar surface area (TPSA) is 26.0 Å². The summed E-state index contributed by atoms with van der Waals surface area (Å²) >= 11 is 1.52. The second-order valence-corrected chi connectivity index (χ2v) is 2.54.